The Kier molecular flexibility index (Phi) is 4.34. The van der Waals surface area contributed by atoms with Crippen LogP contribution in [0.4, 0.5) is 5.69 Å². The van der Waals surface area contributed by atoms with Crippen LogP contribution in [0, 0.1) is 0 Å². The van der Waals surface area contributed by atoms with Gasteiger partial charge in [0.05, 0.1) is 12.4 Å². The molecule has 0 amide bonds. The standard InChI is InChI=1S/C12H17BN2O3S/c1-18-12-11(7-9(13)8-14-12)15-19(16,17)10-5-3-2-4-6-10/h7-8,10,15H,2-6H2,1H3. The number of sulfonamides is 1. The van der Waals surface area contributed by atoms with Gasteiger partial charge in [-0.1, -0.05) is 24.7 Å². The molecule has 0 unspecified atom stereocenters. The van der Waals surface area contributed by atoms with Crippen molar-refractivity contribution in [3.63, 3.8) is 0 Å². The summed E-state index contributed by atoms with van der Waals surface area (Å²) in [5.41, 5.74) is 0.690. The summed E-state index contributed by atoms with van der Waals surface area (Å²) in [5.74, 6) is 0.230. The third-order valence-corrected chi connectivity index (χ3v) is 5.16. The molecule has 1 aliphatic carbocycles. The molecule has 1 aliphatic rings. The molecule has 2 radical (unpaired) electrons. The van der Waals surface area contributed by atoms with Crippen LogP contribution in [0.25, 0.3) is 0 Å². The lowest BCUT2D eigenvalue weighted by molar-refractivity contribution is 0.400. The average Bonchev–Trinajstić information content (AvgIpc) is 2.39. The van der Waals surface area contributed by atoms with E-state index < -0.39 is 10.0 Å². The van der Waals surface area contributed by atoms with Gasteiger partial charge in [-0.15, -0.1) is 0 Å². The van der Waals surface area contributed by atoms with E-state index in [1.807, 2.05) is 0 Å². The Labute approximate surface area is 115 Å². The van der Waals surface area contributed by atoms with E-state index in [0.29, 0.717) is 24.0 Å². The fraction of sp³-hybridized carbons (Fsp3) is 0.583. The predicted octanol–water partition coefficient (Wildman–Crippen LogP) is 0.958. The first-order valence-corrected chi connectivity index (χ1v) is 7.88. The third kappa shape index (κ3) is 3.40. The minimum atomic E-state index is -3.41. The van der Waals surface area contributed by atoms with Gasteiger partial charge >= 0.3 is 0 Å². The maximum absolute atomic E-state index is 12.3. The summed E-state index contributed by atoms with van der Waals surface area (Å²) < 4.78 is 32.2. The van der Waals surface area contributed by atoms with Gasteiger partial charge in [0.25, 0.3) is 0 Å². The summed E-state index contributed by atoms with van der Waals surface area (Å²) in [6, 6.07) is 1.52. The van der Waals surface area contributed by atoms with Crippen LogP contribution in [0.5, 0.6) is 5.88 Å². The summed E-state index contributed by atoms with van der Waals surface area (Å²) in [7, 11) is 3.66. The summed E-state index contributed by atoms with van der Waals surface area (Å²) in [4.78, 5) is 3.95. The van der Waals surface area contributed by atoms with Crippen molar-refractivity contribution >= 4 is 29.0 Å². The number of methoxy groups -OCH3 is 1. The Hall–Kier alpha value is -1.24. The van der Waals surface area contributed by atoms with Crippen molar-refractivity contribution in [2.24, 2.45) is 0 Å². The molecule has 0 aromatic carbocycles. The molecular formula is C12H17BN2O3S. The Morgan fingerprint density at radius 2 is 2.05 bits per heavy atom. The number of rotatable bonds is 4. The van der Waals surface area contributed by atoms with Gasteiger partial charge in [-0.3, -0.25) is 4.72 Å². The Morgan fingerprint density at radius 1 is 1.37 bits per heavy atom. The molecule has 1 aromatic rings. The quantitative estimate of drug-likeness (QED) is 0.834. The molecule has 19 heavy (non-hydrogen) atoms. The van der Waals surface area contributed by atoms with Crippen molar-refractivity contribution in [1.82, 2.24) is 4.98 Å². The SMILES string of the molecule is [B]c1cnc(OC)c(NS(=O)(=O)C2CCCCC2)c1. The molecule has 0 spiro atoms. The zero-order valence-corrected chi connectivity index (χ0v) is 11.7. The highest BCUT2D eigenvalue weighted by molar-refractivity contribution is 7.93. The van der Waals surface area contributed by atoms with Crippen molar-refractivity contribution in [3.8, 4) is 5.88 Å². The molecule has 102 valence electrons. The topological polar surface area (TPSA) is 68.3 Å². The van der Waals surface area contributed by atoms with Gasteiger partial charge in [0.1, 0.15) is 13.5 Å². The zero-order chi connectivity index (χ0) is 13.9. The number of hydrogen-bond donors (Lipinski definition) is 1. The number of nitrogens with zero attached hydrogens (tertiary/aromatic N) is 1. The van der Waals surface area contributed by atoms with E-state index in [4.69, 9.17) is 12.6 Å². The number of aromatic nitrogens is 1. The monoisotopic (exact) mass is 280 g/mol. The summed E-state index contributed by atoms with van der Waals surface area (Å²) in [5, 5.41) is -0.340. The van der Waals surface area contributed by atoms with Crippen LogP contribution in [0.2, 0.25) is 0 Å². The summed E-state index contributed by atoms with van der Waals surface area (Å²) in [6.45, 7) is 0. The first kappa shape index (κ1) is 14.2. The van der Waals surface area contributed by atoms with E-state index >= 15 is 0 Å². The molecule has 2 rings (SSSR count). The van der Waals surface area contributed by atoms with Crippen molar-refractivity contribution in [1.29, 1.82) is 0 Å². The van der Waals surface area contributed by atoms with E-state index in [1.165, 1.54) is 19.4 Å². The smallest absolute Gasteiger partial charge is 0.238 e. The molecular weight excluding hydrogens is 263 g/mol. The Balaban J connectivity index is 2.21. The third-order valence-electron chi connectivity index (χ3n) is 3.31. The number of ether oxygens (including phenoxy) is 1. The number of hydrogen-bond acceptors (Lipinski definition) is 4. The molecule has 1 fully saturated rings. The highest BCUT2D eigenvalue weighted by atomic mass is 32.2. The van der Waals surface area contributed by atoms with E-state index in [0.717, 1.165) is 19.3 Å². The zero-order valence-electron chi connectivity index (χ0n) is 10.9. The van der Waals surface area contributed by atoms with Gasteiger partial charge in [0.15, 0.2) is 0 Å². The molecule has 7 heteroatoms. The van der Waals surface area contributed by atoms with Crippen molar-refractivity contribution < 1.29 is 13.2 Å². The number of nitrogens with one attached hydrogen (secondary N) is 1. The largest absolute Gasteiger partial charge is 0.480 e. The minimum Gasteiger partial charge on any atom is -0.480 e. The predicted molar refractivity (Wildman–Crippen MR) is 75.6 cm³/mol. The van der Waals surface area contributed by atoms with E-state index in [-0.39, 0.29) is 11.1 Å². The highest BCUT2D eigenvalue weighted by Crippen LogP contribution is 2.27. The summed E-state index contributed by atoms with van der Waals surface area (Å²) in [6.07, 6.45) is 5.85. The first-order valence-electron chi connectivity index (χ1n) is 6.34. The van der Waals surface area contributed by atoms with Crippen LogP contribution < -0.4 is 14.9 Å². The fourth-order valence-electron chi connectivity index (χ4n) is 2.32. The molecule has 0 saturated heterocycles. The normalized spacial score (nSPS) is 17.1. The van der Waals surface area contributed by atoms with Crippen molar-refractivity contribution in [2.75, 3.05) is 11.8 Å². The number of pyridine rings is 1. The van der Waals surface area contributed by atoms with Gasteiger partial charge < -0.3 is 4.74 Å². The van der Waals surface area contributed by atoms with Gasteiger partial charge in [0.2, 0.25) is 15.9 Å². The lowest BCUT2D eigenvalue weighted by Gasteiger charge is -2.22. The van der Waals surface area contributed by atoms with E-state index in [1.54, 1.807) is 0 Å². The van der Waals surface area contributed by atoms with Crippen LogP contribution in [0.1, 0.15) is 32.1 Å². The minimum absolute atomic E-state index is 0.230. The highest BCUT2D eigenvalue weighted by Gasteiger charge is 2.28. The number of anilines is 1. The van der Waals surface area contributed by atoms with Crippen molar-refractivity contribution in [2.45, 2.75) is 37.4 Å². The summed E-state index contributed by atoms with van der Waals surface area (Å²) >= 11 is 0. The molecule has 0 atom stereocenters. The Morgan fingerprint density at radius 3 is 2.68 bits per heavy atom. The molecule has 0 aliphatic heterocycles. The molecule has 1 heterocycles. The van der Waals surface area contributed by atoms with E-state index in [9.17, 15) is 8.42 Å². The van der Waals surface area contributed by atoms with Crippen LogP contribution >= 0.6 is 0 Å². The molecule has 1 N–H and O–H groups in total. The molecule has 1 saturated carbocycles. The van der Waals surface area contributed by atoms with Gasteiger partial charge in [0, 0.05) is 6.20 Å². The maximum Gasteiger partial charge on any atom is 0.238 e. The maximum atomic E-state index is 12.3. The van der Waals surface area contributed by atoms with Gasteiger partial charge in [-0.2, -0.15) is 0 Å². The van der Waals surface area contributed by atoms with Crippen LogP contribution in [0.15, 0.2) is 12.3 Å². The van der Waals surface area contributed by atoms with Gasteiger partial charge in [-0.25, -0.2) is 13.4 Å². The van der Waals surface area contributed by atoms with Gasteiger partial charge in [-0.05, 0) is 18.9 Å². The molecule has 1 aromatic heterocycles. The second-order valence-electron chi connectivity index (χ2n) is 4.73. The van der Waals surface area contributed by atoms with Crippen LogP contribution in [-0.4, -0.2) is 33.6 Å². The molecule has 0 bridgehead atoms. The lowest BCUT2D eigenvalue weighted by atomic mass is 9.99. The van der Waals surface area contributed by atoms with Crippen LogP contribution in [-0.2, 0) is 10.0 Å². The van der Waals surface area contributed by atoms with Crippen molar-refractivity contribution in [3.05, 3.63) is 12.3 Å². The fourth-order valence-corrected chi connectivity index (χ4v) is 3.89. The Bertz CT molecular complexity index is 542. The first-order chi connectivity index (χ1) is 9.03. The molecule has 5 nitrogen and oxygen atoms in total. The average molecular weight is 280 g/mol. The second kappa shape index (κ2) is 5.82. The lowest BCUT2D eigenvalue weighted by Crippen LogP contribution is -2.30. The van der Waals surface area contributed by atoms with E-state index in [2.05, 4.69) is 9.71 Å². The van der Waals surface area contributed by atoms with Crippen LogP contribution in [0.3, 0.4) is 0 Å². The second-order valence-corrected chi connectivity index (χ2v) is 6.69.